The summed E-state index contributed by atoms with van der Waals surface area (Å²) in [6.07, 6.45) is 1.96. The van der Waals surface area contributed by atoms with Crippen molar-refractivity contribution in [3.63, 3.8) is 0 Å². The third-order valence-corrected chi connectivity index (χ3v) is 3.02. The Morgan fingerprint density at radius 3 is 2.91 bits per heavy atom. The second-order valence-electron chi connectivity index (χ2n) is 4.52. The molecule has 1 heterocycles. The van der Waals surface area contributed by atoms with Crippen LogP contribution in [0, 0.1) is 0 Å². The van der Waals surface area contributed by atoms with Crippen LogP contribution in [0.5, 0.6) is 5.75 Å². The van der Waals surface area contributed by atoms with Crippen LogP contribution in [0.25, 0.3) is 11.3 Å². The fraction of sp³-hybridized carbons (Fsp3) is 0.267. The molecule has 2 aromatic rings. The summed E-state index contributed by atoms with van der Waals surface area (Å²) in [6, 6.07) is 7.31. The van der Waals surface area contributed by atoms with Crippen LogP contribution in [-0.4, -0.2) is 41.2 Å². The number of para-hydroxylation sites is 1. The fourth-order valence-electron chi connectivity index (χ4n) is 1.92. The number of nitrogen functional groups attached to an aromatic ring is 1. The number of nitrogens with one attached hydrogen (secondary N) is 1. The first-order valence-corrected chi connectivity index (χ1v) is 6.82. The third-order valence-electron chi connectivity index (χ3n) is 3.02. The maximum Gasteiger partial charge on any atom is 0.273 e. The van der Waals surface area contributed by atoms with Crippen molar-refractivity contribution in [1.82, 2.24) is 15.3 Å². The number of carbonyl (C=O) groups is 1. The lowest BCUT2D eigenvalue weighted by molar-refractivity contribution is 0.0947. The van der Waals surface area contributed by atoms with Gasteiger partial charge in [0.1, 0.15) is 5.75 Å². The predicted molar refractivity (Wildman–Crippen MR) is 82.5 cm³/mol. The van der Waals surface area contributed by atoms with E-state index in [4.69, 9.17) is 15.6 Å². The molecule has 22 heavy (non-hydrogen) atoms. The normalized spacial score (nSPS) is 10.3. The summed E-state index contributed by atoms with van der Waals surface area (Å²) in [5.41, 5.74) is 7.01. The van der Waals surface area contributed by atoms with E-state index in [0.717, 1.165) is 5.56 Å². The summed E-state index contributed by atoms with van der Waals surface area (Å²) < 4.78 is 5.28. The minimum atomic E-state index is -0.421. The monoisotopic (exact) mass is 302 g/mol. The second kappa shape index (κ2) is 7.37. The van der Waals surface area contributed by atoms with Gasteiger partial charge >= 0.3 is 0 Å². The molecule has 7 nitrogen and oxygen atoms in total. The molecule has 0 spiro atoms. The average Bonchev–Trinajstić information content (AvgIpc) is 2.55. The molecule has 0 aliphatic heterocycles. The number of anilines is 1. The summed E-state index contributed by atoms with van der Waals surface area (Å²) in [7, 11) is 1.56. The molecule has 0 saturated carbocycles. The van der Waals surface area contributed by atoms with Crippen LogP contribution in [0.1, 0.15) is 16.9 Å². The van der Waals surface area contributed by atoms with Crippen LogP contribution in [0.3, 0.4) is 0 Å². The van der Waals surface area contributed by atoms with E-state index < -0.39 is 5.91 Å². The molecule has 0 saturated heterocycles. The highest BCUT2D eigenvalue weighted by atomic mass is 16.5. The van der Waals surface area contributed by atoms with Gasteiger partial charge in [0.2, 0.25) is 0 Å². The zero-order valence-corrected chi connectivity index (χ0v) is 12.2. The Balaban J connectivity index is 2.32. The first-order valence-electron chi connectivity index (χ1n) is 6.82. The summed E-state index contributed by atoms with van der Waals surface area (Å²) in [4.78, 5) is 20.4. The number of aromatic nitrogens is 2. The first kappa shape index (κ1) is 15.7. The van der Waals surface area contributed by atoms with Crippen LogP contribution in [0.2, 0.25) is 0 Å². The Kier molecular flexibility index (Phi) is 5.26. The number of benzene rings is 1. The zero-order chi connectivity index (χ0) is 15.9. The van der Waals surface area contributed by atoms with Gasteiger partial charge in [0.15, 0.2) is 11.5 Å². The summed E-state index contributed by atoms with van der Waals surface area (Å²) in [6.45, 7) is 0.345. The van der Waals surface area contributed by atoms with E-state index in [1.807, 2.05) is 18.2 Å². The number of hydrogen-bond acceptors (Lipinski definition) is 6. The minimum absolute atomic E-state index is 0.00267. The standard InChI is InChI=1S/C15H18N4O3/c1-22-12-6-3-2-5-10(12)11-9-18-14(16)13(19-11)15(21)17-7-4-8-20/h2-3,5-6,9,20H,4,7-8H2,1H3,(H2,16,18)(H,17,21). The molecular weight excluding hydrogens is 284 g/mol. The van der Waals surface area contributed by atoms with Gasteiger partial charge in [0.05, 0.1) is 19.0 Å². The molecule has 0 atom stereocenters. The molecule has 0 bridgehead atoms. The molecule has 1 aromatic heterocycles. The van der Waals surface area contributed by atoms with Crippen LogP contribution >= 0.6 is 0 Å². The van der Waals surface area contributed by atoms with Gasteiger partial charge in [-0.05, 0) is 18.6 Å². The van der Waals surface area contributed by atoms with Crippen molar-refractivity contribution in [2.24, 2.45) is 0 Å². The van der Waals surface area contributed by atoms with Gasteiger partial charge in [-0.3, -0.25) is 4.79 Å². The number of hydrogen-bond donors (Lipinski definition) is 3. The Morgan fingerprint density at radius 1 is 1.41 bits per heavy atom. The van der Waals surface area contributed by atoms with Gasteiger partial charge in [-0.25, -0.2) is 9.97 Å². The van der Waals surface area contributed by atoms with Crippen molar-refractivity contribution in [1.29, 1.82) is 0 Å². The number of aliphatic hydroxyl groups excluding tert-OH is 1. The summed E-state index contributed by atoms with van der Waals surface area (Å²) in [5.74, 6) is 0.267. The summed E-state index contributed by atoms with van der Waals surface area (Å²) >= 11 is 0. The number of methoxy groups -OCH3 is 1. The van der Waals surface area contributed by atoms with Crippen LogP contribution in [0.4, 0.5) is 5.82 Å². The molecule has 1 aromatic carbocycles. The molecule has 0 aliphatic rings. The SMILES string of the molecule is COc1ccccc1-c1cnc(N)c(C(=O)NCCCO)n1. The van der Waals surface area contributed by atoms with Gasteiger partial charge in [0, 0.05) is 18.7 Å². The smallest absolute Gasteiger partial charge is 0.273 e. The van der Waals surface area contributed by atoms with Crippen molar-refractivity contribution in [3.05, 3.63) is 36.2 Å². The number of nitrogens with zero attached hydrogens (tertiary/aromatic N) is 2. The topological polar surface area (TPSA) is 110 Å². The number of nitrogens with two attached hydrogens (primary N) is 1. The van der Waals surface area contributed by atoms with Crippen LogP contribution < -0.4 is 15.8 Å². The quantitative estimate of drug-likeness (QED) is 0.682. The maximum atomic E-state index is 12.1. The van der Waals surface area contributed by atoms with Crippen molar-refractivity contribution in [2.45, 2.75) is 6.42 Å². The van der Waals surface area contributed by atoms with Gasteiger partial charge in [-0.1, -0.05) is 12.1 Å². The lowest BCUT2D eigenvalue weighted by atomic mass is 10.1. The molecule has 0 fully saturated rings. The highest BCUT2D eigenvalue weighted by molar-refractivity contribution is 5.96. The number of ether oxygens (including phenoxy) is 1. The van der Waals surface area contributed by atoms with Crippen molar-refractivity contribution >= 4 is 11.7 Å². The van der Waals surface area contributed by atoms with E-state index in [9.17, 15) is 4.79 Å². The largest absolute Gasteiger partial charge is 0.496 e. The van der Waals surface area contributed by atoms with Crippen molar-refractivity contribution < 1.29 is 14.6 Å². The van der Waals surface area contributed by atoms with E-state index in [1.165, 1.54) is 6.20 Å². The highest BCUT2D eigenvalue weighted by Crippen LogP contribution is 2.28. The van der Waals surface area contributed by atoms with Crippen molar-refractivity contribution in [3.8, 4) is 17.0 Å². The molecule has 0 aliphatic carbocycles. The molecule has 2 rings (SSSR count). The van der Waals surface area contributed by atoms with Gasteiger partial charge in [0.25, 0.3) is 5.91 Å². The number of rotatable bonds is 6. The molecule has 0 radical (unpaired) electrons. The molecule has 116 valence electrons. The van der Waals surface area contributed by atoms with Gasteiger partial charge in [-0.15, -0.1) is 0 Å². The van der Waals surface area contributed by atoms with E-state index >= 15 is 0 Å². The number of aliphatic hydroxyl groups is 1. The van der Waals surface area contributed by atoms with E-state index in [2.05, 4.69) is 15.3 Å². The summed E-state index contributed by atoms with van der Waals surface area (Å²) in [5, 5.41) is 11.4. The zero-order valence-electron chi connectivity index (χ0n) is 12.2. The Labute approximate surface area is 128 Å². The third kappa shape index (κ3) is 3.50. The van der Waals surface area contributed by atoms with Crippen LogP contribution in [-0.2, 0) is 0 Å². The highest BCUT2D eigenvalue weighted by Gasteiger charge is 2.15. The lowest BCUT2D eigenvalue weighted by Gasteiger charge is -2.10. The second-order valence-corrected chi connectivity index (χ2v) is 4.52. The maximum absolute atomic E-state index is 12.1. The molecule has 1 amide bonds. The van der Waals surface area contributed by atoms with E-state index in [-0.39, 0.29) is 18.1 Å². The van der Waals surface area contributed by atoms with E-state index in [1.54, 1.807) is 13.2 Å². The Morgan fingerprint density at radius 2 is 2.18 bits per heavy atom. The van der Waals surface area contributed by atoms with Crippen molar-refractivity contribution in [2.75, 3.05) is 26.0 Å². The van der Waals surface area contributed by atoms with Gasteiger partial charge in [-0.2, -0.15) is 0 Å². The molecular formula is C15H18N4O3. The molecule has 7 heteroatoms. The lowest BCUT2D eigenvalue weighted by Crippen LogP contribution is -2.27. The fourth-order valence-corrected chi connectivity index (χ4v) is 1.92. The molecule has 4 N–H and O–H groups in total. The van der Waals surface area contributed by atoms with Crippen LogP contribution in [0.15, 0.2) is 30.5 Å². The first-order chi connectivity index (χ1) is 10.7. The molecule has 0 unspecified atom stereocenters. The minimum Gasteiger partial charge on any atom is -0.496 e. The number of amides is 1. The van der Waals surface area contributed by atoms with Gasteiger partial charge < -0.3 is 20.9 Å². The predicted octanol–water partition coefficient (Wildman–Crippen LogP) is 0.847. The Hall–Kier alpha value is -2.67. The average molecular weight is 302 g/mol. The number of carbonyl (C=O) groups excluding carboxylic acids is 1. The van der Waals surface area contributed by atoms with E-state index in [0.29, 0.717) is 24.4 Å². The Bertz CT molecular complexity index is 661.